The number of imidazole rings is 1. The largest absolute Gasteiger partial charge is 0.326 e. The molecule has 152 valence electrons. The molecule has 3 N–H and O–H groups in total. The van der Waals surface area contributed by atoms with Crippen LogP contribution >= 0.6 is 0 Å². The summed E-state index contributed by atoms with van der Waals surface area (Å²) < 4.78 is 1.75. The van der Waals surface area contributed by atoms with Gasteiger partial charge in [-0.05, 0) is 55.2 Å². The number of fused-ring (bicyclic) bond motifs is 1. The second kappa shape index (κ2) is 6.98. The van der Waals surface area contributed by atoms with Gasteiger partial charge >= 0.3 is 5.69 Å². The van der Waals surface area contributed by atoms with E-state index in [4.69, 9.17) is 0 Å². The zero-order valence-electron chi connectivity index (χ0n) is 16.1. The Kier molecular flexibility index (Phi) is 4.27. The highest BCUT2D eigenvalue weighted by Gasteiger charge is 2.30. The Labute approximate surface area is 171 Å². The smallest absolute Gasteiger partial charge is 0.322 e. The predicted octanol–water partition coefficient (Wildman–Crippen LogP) is 2.12. The van der Waals surface area contributed by atoms with Crippen LogP contribution in [-0.4, -0.2) is 27.3 Å². The maximum absolute atomic E-state index is 12.6. The molecule has 8 heteroatoms. The van der Waals surface area contributed by atoms with Crippen LogP contribution in [0.25, 0.3) is 11.0 Å². The molecule has 2 heterocycles. The summed E-state index contributed by atoms with van der Waals surface area (Å²) in [7, 11) is 0. The van der Waals surface area contributed by atoms with Crippen molar-refractivity contribution < 1.29 is 14.4 Å². The van der Waals surface area contributed by atoms with E-state index in [9.17, 15) is 19.2 Å². The number of aromatic nitrogens is 2. The molecule has 2 aliphatic rings. The predicted molar refractivity (Wildman–Crippen MR) is 110 cm³/mol. The van der Waals surface area contributed by atoms with E-state index in [2.05, 4.69) is 15.6 Å². The Morgan fingerprint density at radius 2 is 1.83 bits per heavy atom. The molecule has 0 bridgehead atoms. The van der Waals surface area contributed by atoms with E-state index < -0.39 is 0 Å². The maximum Gasteiger partial charge on any atom is 0.326 e. The highest BCUT2D eigenvalue weighted by molar-refractivity contribution is 6.05. The number of H-pyrrole nitrogens is 1. The van der Waals surface area contributed by atoms with Gasteiger partial charge in [-0.3, -0.25) is 24.3 Å². The molecule has 0 radical (unpaired) electrons. The summed E-state index contributed by atoms with van der Waals surface area (Å²) in [5.41, 5.74) is 3.42. The molecular weight excluding hydrogens is 384 g/mol. The third kappa shape index (κ3) is 3.41. The normalized spacial score (nSPS) is 18.6. The van der Waals surface area contributed by atoms with Crippen molar-refractivity contribution in [1.29, 1.82) is 0 Å². The number of hydrogen-bond acceptors (Lipinski definition) is 4. The summed E-state index contributed by atoms with van der Waals surface area (Å²) in [4.78, 5) is 50.7. The summed E-state index contributed by atoms with van der Waals surface area (Å²) >= 11 is 0. The van der Waals surface area contributed by atoms with Crippen LogP contribution in [0.2, 0.25) is 0 Å². The highest BCUT2D eigenvalue weighted by atomic mass is 16.2. The number of carbonyl (C=O) groups excluding carboxylic acids is 3. The lowest BCUT2D eigenvalue weighted by molar-refractivity contribution is -0.125. The van der Waals surface area contributed by atoms with Gasteiger partial charge in [-0.1, -0.05) is 12.1 Å². The van der Waals surface area contributed by atoms with Crippen molar-refractivity contribution in [1.82, 2.24) is 14.9 Å². The number of imide groups is 1. The third-order valence-electron chi connectivity index (χ3n) is 5.65. The topological polar surface area (TPSA) is 113 Å². The molecule has 2 fully saturated rings. The van der Waals surface area contributed by atoms with E-state index in [1.807, 2.05) is 6.07 Å². The van der Waals surface area contributed by atoms with Crippen LogP contribution in [0.15, 0.2) is 47.3 Å². The molecule has 1 aliphatic carbocycles. The molecule has 5 rings (SSSR count). The number of amides is 3. The molecule has 3 aromatic rings. The second-order valence-electron chi connectivity index (χ2n) is 7.93. The van der Waals surface area contributed by atoms with Crippen LogP contribution in [0, 0.1) is 5.92 Å². The second-order valence-corrected chi connectivity index (χ2v) is 7.93. The zero-order chi connectivity index (χ0) is 20.8. The summed E-state index contributed by atoms with van der Waals surface area (Å²) in [6.45, 7) is 0. The first-order chi connectivity index (χ1) is 14.5. The Morgan fingerprint density at radius 3 is 2.50 bits per heavy atom. The minimum Gasteiger partial charge on any atom is -0.322 e. The first-order valence-electron chi connectivity index (χ1n) is 9.96. The van der Waals surface area contributed by atoms with Gasteiger partial charge in [0.15, 0.2) is 0 Å². The fraction of sp³-hybridized carbons (Fsp3) is 0.273. The van der Waals surface area contributed by atoms with Crippen molar-refractivity contribution in [2.75, 3.05) is 5.32 Å². The lowest BCUT2D eigenvalue weighted by atomic mass is 9.97. The van der Waals surface area contributed by atoms with Gasteiger partial charge in [0.25, 0.3) is 5.91 Å². The Morgan fingerprint density at radius 1 is 1.07 bits per heavy atom. The third-order valence-corrected chi connectivity index (χ3v) is 5.65. The molecular formula is C22H20N4O4. The molecule has 8 nitrogen and oxygen atoms in total. The fourth-order valence-corrected chi connectivity index (χ4v) is 3.95. The lowest BCUT2D eigenvalue weighted by Gasteiger charge is -2.09. The average molecular weight is 404 g/mol. The zero-order valence-corrected chi connectivity index (χ0v) is 16.1. The summed E-state index contributed by atoms with van der Waals surface area (Å²) in [6.07, 6.45) is 2.65. The van der Waals surface area contributed by atoms with E-state index in [0.29, 0.717) is 17.7 Å². The van der Waals surface area contributed by atoms with Crippen LogP contribution in [0.1, 0.15) is 41.2 Å². The van der Waals surface area contributed by atoms with Crippen molar-refractivity contribution in [3.63, 3.8) is 0 Å². The van der Waals surface area contributed by atoms with E-state index in [0.717, 1.165) is 29.4 Å². The number of benzene rings is 2. The van der Waals surface area contributed by atoms with Crippen molar-refractivity contribution >= 4 is 34.4 Å². The van der Waals surface area contributed by atoms with E-state index in [-0.39, 0.29) is 41.8 Å². The summed E-state index contributed by atoms with van der Waals surface area (Å²) in [5, 5.41) is 5.18. The molecule has 2 aromatic carbocycles. The minimum absolute atomic E-state index is 0.121. The molecule has 1 saturated heterocycles. The molecule has 1 unspecified atom stereocenters. The molecule has 3 amide bonds. The number of rotatable bonds is 5. The van der Waals surface area contributed by atoms with Crippen LogP contribution < -0.4 is 16.3 Å². The van der Waals surface area contributed by atoms with Gasteiger partial charge in [-0.2, -0.15) is 0 Å². The van der Waals surface area contributed by atoms with E-state index in [1.54, 1.807) is 41.0 Å². The fourth-order valence-electron chi connectivity index (χ4n) is 3.95. The molecule has 30 heavy (non-hydrogen) atoms. The van der Waals surface area contributed by atoms with Gasteiger partial charge in [0.1, 0.15) is 0 Å². The van der Waals surface area contributed by atoms with Crippen LogP contribution in [0.4, 0.5) is 5.69 Å². The lowest BCUT2D eigenvalue weighted by Crippen LogP contribution is -2.22. The van der Waals surface area contributed by atoms with Gasteiger partial charge < -0.3 is 10.3 Å². The standard InChI is InChI=1S/C22H20N4O4/c27-19-10-14(21(29)25-19)9-12-1-3-13(4-2-12)20(28)23-15-5-8-17-18(11-15)26(16-6-7-16)22(30)24-17/h1-5,8,11,14,16H,6-7,9-10H2,(H,23,28)(H,24,30)(H,25,27,29). The van der Waals surface area contributed by atoms with Crippen molar-refractivity contribution in [3.8, 4) is 0 Å². The van der Waals surface area contributed by atoms with Gasteiger partial charge in [-0.25, -0.2) is 4.79 Å². The Balaban J connectivity index is 1.30. The quantitative estimate of drug-likeness (QED) is 0.565. The Hall–Kier alpha value is -3.68. The first kappa shape index (κ1) is 18.4. The SMILES string of the molecule is O=C1CC(Cc2ccc(C(=O)Nc3ccc4[nH]c(=O)n(C5CC5)c4c3)cc2)C(=O)N1. The van der Waals surface area contributed by atoms with Gasteiger partial charge in [0.2, 0.25) is 11.8 Å². The summed E-state index contributed by atoms with van der Waals surface area (Å²) in [6, 6.07) is 12.6. The van der Waals surface area contributed by atoms with Crippen LogP contribution in [0.3, 0.4) is 0 Å². The number of nitrogens with zero attached hydrogens (tertiary/aromatic N) is 1. The monoisotopic (exact) mass is 404 g/mol. The maximum atomic E-state index is 12.6. The number of anilines is 1. The van der Waals surface area contributed by atoms with Gasteiger partial charge in [-0.15, -0.1) is 0 Å². The summed E-state index contributed by atoms with van der Waals surface area (Å²) in [5.74, 6) is -1.10. The van der Waals surface area contributed by atoms with Crippen molar-refractivity contribution in [2.45, 2.75) is 31.7 Å². The number of aromatic amines is 1. The minimum atomic E-state index is -0.352. The molecule has 1 aromatic heterocycles. The number of nitrogens with one attached hydrogen (secondary N) is 3. The number of hydrogen-bond donors (Lipinski definition) is 3. The molecule has 1 saturated carbocycles. The average Bonchev–Trinajstić information content (AvgIpc) is 3.42. The molecule has 1 aliphatic heterocycles. The first-order valence-corrected chi connectivity index (χ1v) is 9.96. The van der Waals surface area contributed by atoms with E-state index in [1.165, 1.54) is 0 Å². The van der Waals surface area contributed by atoms with Gasteiger partial charge in [0, 0.05) is 23.7 Å². The van der Waals surface area contributed by atoms with Crippen molar-refractivity contribution in [2.24, 2.45) is 5.92 Å². The number of carbonyl (C=O) groups is 3. The highest BCUT2D eigenvalue weighted by Crippen LogP contribution is 2.36. The Bertz CT molecular complexity index is 1230. The van der Waals surface area contributed by atoms with Crippen LogP contribution in [0.5, 0.6) is 0 Å². The van der Waals surface area contributed by atoms with Crippen LogP contribution in [-0.2, 0) is 16.0 Å². The van der Waals surface area contributed by atoms with Crippen molar-refractivity contribution in [3.05, 3.63) is 64.1 Å². The van der Waals surface area contributed by atoms with E-state index >= 15 is 0 Å². The van der Waals surface area contributed by atoms with Gasteiger partial charge in [0.05, 0.1) is 17.0 Å². The molecule has 0 spiro atoms. The molecule has 1 atom stereocenters.